The molecule has 0 saturated carbocycles. The van der Waals surface area contributed by atoms with Crippen molar-refractivity contribution in [2.24, 2.45) is 0 Å². The van der Waals surface area contributed by atoms with E-state index in [1.54, 1.807) is 0 Å². The van der Waals surface area contributed by atoms with Gasteiger partial charge < -0.3 is 15.2 Å². The van der Waals surface area contributed by atoms with Crippen molar-refractivity contribution in [1.82, 2.24) is 4.72 Å². The fraction of sp³-hybridized carbons (Fsp3) is 0.462. The number of sulfonamides is 1. The molecule has 0 aliphatic carbocycles. The molecule has 118 valence electrons. The molecule has 0 bridgehead atoms. The molecule has 1 aromatic rings. The molecule has 0 atom stereocenters. The second-order valence-corrected chi connectivity index (χ2v) is 5.93. The second kappa shape index (κ2) is 7.96. The Labute approximate surface area is 124 Å². The maximum absolute atomic E-state index is 12.1. The Bertz CT molecular complexity index is 586. The molecule has 0 unspecified atom stereocenters. The van der Waals surface area contributed by atoms with E-state index in [0.29, 0.717) is 19.6 Å². The molecule has 0 radical (unpaired) electrons. The highest BCUT2D eigenvalue weighted by Crippen LogP contribution is 2.20. The van der Waals surface area contributed by atoms with Crippen molar-refractivity contribution in [3.8, 4) is 0 Å². The number of ether oxygens (including phenoxy) is 2. The number of anilines is 1. The molecule has 8 heteroatoms. The van der Waals surface area contributed by atoms with Gasteiger partial charge in [0, 0.05) is 19.8 Å². The molecule has 0 fully saturated rings. The summed E-state index contributed by atoms with van der Waals surface area (Å²) in [4.78, 5) is 11.3. The van der Waals surface area contributed by atoms with Gasteiger partial charge in [0.1, 0.15) is 4.90 Å². The summed E-state index contributed by atoms with van der Waals surface area (Å²) >= 11 is 0. The summed E-state index contributed by atoms with van der Waals surface area (Å²) in [5.74, 6) is -0.574. The van der Waals surface area contributed by atoms with E-state index < -0.39 is 16.0 Å². The van der Waals surface area contributed by atoms with Gasteiger partial charge >= 0.3 is 5.97 Å². The Hall–Kier alpha value is -1.64. The summed E-state index contributed by atoms with van der Waals surface area (Å²) in [5.41, 5.74) is 5.90. The number of hydrogen-bond acceptors (Lipinski definition) is 6. The van der Waals surface area contributed by atoms with Crippen LogP contribution in [0.15, 0.2) is 23.1 Å². The third-order valence-electron chi connectivity index (χ3n) is 2.68. The Morgan fingerprint density at radius 2 is 2.10 bits per heavy atom. The predicted molar refractivity (Wildman–Crippen MR) is 78.5 cm³/mol. The van der Waals surface area contributed by atoms with Crippen LogP contribution in [-0.2, 0) is 19.5 Å². The average molecular weight is 316 g/mol. The van der Waals surface area contributed by atoms with Crippen LogP contribution in [0, 0.1) is 0 Å². The number of methoxy groups -OCH3 is 1. The molecule has 0 saturated heterocycles. The molecule has 0 aliphatic heterocycles. The van der Waals surface area contributed by atoms with Crippen LogP contribution in [0.5, 0.6) is 0 Å². The average Bonchev–Trinajstić information content (AvgIpc) is 2.45. The van der Waals surface area contributed by atoms with E-state index >= 15 is 0 Å². The largest absolute Gasteiger partial charge is 0.465 e. The van der Waals surface area contributed by atoms with Gasteiger partial charge in [-0.15, -0.1) is 0 Å². The third-order valence-corrected chi connectivity index (χ3v) is 4.22. The van der Waals surface area contributed by atoms with Crippen molar-refractivity contribution < 1.29 is 22.7 Å². The van der Waals surface area contributed by atoms with Crippen LogP contribution < -0.4 is 10.5 Å². The first-order chi connectivity index (χ1) is 9.92. The highest BCUT2D eigenvalue weighted by Gasteiger charge is 2.18. The van der Waals surface area contributed by atoms with Crippen molar-refractivity contribution in [2.45, 2.75) is 18.2 Å². The zero-order valence-electron chi connectivity index (χ0n) is 12.1. The molecular formula is C13H20N2O5S. The molecule has 0 aliphatic rings. The van der Waals surface area contributed by atoms with E-state index in [9.17, 15) is 13.2 Å². The maximum atomic E-state index is 12.1. The molecular weight excluding hydrogens is 296 g/mol. The van der Waals surface area contributed by atoms with Gasteiger partial charge in [0.05, 0.1) is 18.4 Å². The molecule has 0 amide bonds. The number of rotatable bonds is 8. The van der Waals surface area contributed by atoms with Gasteiger partial charge in [-0.25, -0.2) is 17.9 Å². The first kappa shape index (κ1) is 17.4. The van der Waals surface area contributed by atoms with Gasteiger partial charge in [-0.05, 0) is 31.5 Å². The van der Waals surface area contributed by atoms with Crippen LogP contribution in [0.3, 0.4) is 0 Å². The molecule has 7 nitrogen and oxygen atoms in total. The molecule has 3 N–H and O–H groups in total. The lowest BCUT2D eigenvalue weighted by atomic mass is 10.2. The number of nitrogens with one attached hydrogen (secondary N) is 1. The minimum atomic E-state index is -3.71. The monoisotopic (exact) mass is 316 g/mol. The van der Waals surface area contributed by atoms with Gasteiger partial charge in [0.25, 0.3) is 0 Å². The van der Waals surface area contributed by atoms with Crippen molar-refractivity contribution in [2.75, 3.05) is 32.6 Å². The fourth-order valence-electron chi connectivity index (χ4n) is 1.64. The summed E-state index contributed by atoms with van der Waals surface area (Å²) < 4.78 is 36.3. The van der Waals surface area contributed by atoms with Gasteiger partial charge in [0.2, 0.25) is 10.0 Å². The highest BCUT2D eigenvalue weighted by molar-refractivity contribution is 7.89. The summed E-state index contributed by atoms with van der Waals surface area (Å²) in [6.07, 6.45) is 0.563. The van der Waals surface area contributed by atoms with Crippen LogP contribution in [0.25, 0.3) is 0 Å². The number of carbonyl (C=O) groups is 1. The SMILES string of the molecule is CCOCCCNS(=O)(=O)c1ccc(C(=O)OC)cc1N. The number of nitrogens with two attached hydrogens (primary N) is 1. The number of esters is 1. The number of carbonyl (C=O) groups excluding carboxylic acids is 1. The number of hydrogen-bond donors (Lipinski definition) is 2. The van der Waals surface area contributed by atoms with Crippen LogP contribution in [0.4, 0.5) is 5.69 Å². The van der Waals surface area contributed by atoms with Crippen molar-refractivity contribution in [1.29, 1.82) is 0 Å². The Morgan fingerprint density at radius 1 is 1.38 bits per heavy atom. The standard InChI is InChI=1S/C13H20N2O5S/c1-3-20-8-4-7-15-21(17,18)12-6-5-10(9-11(12)14)13(16)19-2/h5-6,9,15H,3-4,7-8,14H2,1-2H3. The molecule has 21 heavy (non-hydrogen) atoms. The van der Waals surface area contributed by atoms with Crippen LogP contribution in [-0.4, -0.2) is 41.3 Å². The van der Waals surface area contributed by atoms with Crippen LogP contribution in [0.2, 0.25) is 0 Å². The summed E-state index contributed by atoms with van der Waals surface area (Å²) in [7, 11) is -2.47. The van der Waals surface area contributed by atoms with E-state index in [1.807, 2.05) is 6.92 Å². The first-order valence-corrected chi connectivity index (χ1v) is 7.96. The lowest BCUT2D eigenvalue weighted by Gasteiger charge is -2.10. The van der Waals surface area contributed by atoms with Crippen LogP contribution in [0.1, 0.15) is 23.7 Å². The highest BCUT2D eigenvalue weighted by atomic mass is 32.2. The van der Waals surface area contributed by atoms with E-state index in [-0.39, 0.29) is 22.7 Å². The van der Waals surface area contributed by atoms with E-state index in [1.165, 1.54) is 25.3 Å². The second-order valence-electron chi connectivity index (χ2n) is 4.19. The smallest absolute Gasteiger partial charge is 0.337 e. The van der Waals surface area contributed by atoms with Crippen molar-refractivity contribution in [3.63, 3.8) is 0 Å². The number of nitrogen functional groups attached to an aromatic ring is 1. The van der Waals surface area contributed by atoms with Gasteiger partial charge in [-0.2, -0.15) is 0 Å². The Kier molecular flexibility index (Phi) is 6.60. The van der Waals surface area contributed by atoms with Gasteiger partial charge in [0.15, 0.2) is 0 Å². The van der Waals surface area contributed by atoms with E-state index in [4.69, 9.17) is 10.5 Å². The minimum absolute atomic E-state index is 0.00444. The van der Waals surface area contributed by atoms with E-state index in [0.717, 1.165) is 0 Å². The summed E-state index contributed by atoms with van der Waals surface area (Å²) in [6.45, 7) is 3.19. The lowest BCUT2D eigenvalue weighted by molar-refractivity contribution is 0.0600. The quantitative estimate of drug-likeness (QED) is 0.416. The van der Waals surface area contributed by atoms with Gasteiger partial charge in [-0.1, -0.05) is 0 Å². The molecule has 0 aromatic heterocycles. The normalized spacial score (nSPS) is 11.3. The molecule has 0 spiro atoms. The molecule has 0 heterocycles. The number of benzene rings is 1. The Morgan fingerprint density at radius 3 is 2.67 bits per heavy atom. The van der Waals surface area contributed by atoms with E-state index in [2.05, 4.69) is 9.46 Å². The van der Waals surface area contributed by atoms with Crippen molar-refractivity contribution in [3.05, 3.63) is 23.8 Å². The Balaban J connectivity index is 2.77. The molecule has 1 rings (SSSR count). The lowest BCUT2D eigenvalue weighted by Crippen LogP contribution is -2.26. The zero-order valence-corrected chi connectivity index (χ0v) is 12.9. The minimum Gasteiger partial charge on any atom is -0.465 e. The van der Waals surface area contributed by atoms with Crippen LogP contribution >= 0.6 is 0 Å². The van der Waals surface area contributed by atoms with Crippen molar-refractivity contribution >= 4 is 21.7 Å². The molecule has 1 aromatic carbocycles. The maximum Gasteiger partial charge on any atom is 0.337 e. The summed E-state index contributed by atoms with van der Waals surface area (Å²) in [6, 6.07) is 3.92. The fourth-order valence-corrected chi connectivity index (χ4v) is 2.83. The zero-order chi connectivity index (χ0) is 15.9. The third kappa shape index (κ3) is 5.00. The first-order valence-electron chi connectivity index (χ1n) is 6.47. The predicted octanol–water partition coefficient (Wildman–Crippen LogP) is 0.760. The van der Waals surface area contributed by atoms with Gasteiger partial charge in [-0.3, -0.25) is 0 Å². The summed E-state index contributed by atoms with van der Waals surface area (Å²) in [5, 5.41) is 0. The topological polar surface area (TPSA) is 108 Å².